The van der Waals surface area contributed by atoms with Gasteiger partial charge in [0.1, 0.15) is 5.82 Å². The van der Waals surface area contributed by atoms with E-state index >= 15 is 0 Å². The summed E-state index contributed by atoms with van der Waals surface area (Å²) in [5, 5.41) is 10.6. The molecule has 2 aliphatic heterocycles. The fourth-order valence-corrected chi connectivity index (χ4v) is 4.72. The van der Waals surface area contributed by atoms with Crippen LogP contribution in [0.3, 0.4) is 0 Å². The molecule has 2 heterocycles. The van der Waals surface area contributed by atoms with Crippen molar-refractivity contribution in [1.29, 1.82) is 0 Å². The number of amides is 1. The molecule has 2 fully saturated rings. The van der Waals surface area contributed by atoms with Crippen LogP contribution in [0.25, 0.3) is 0 Å². The van der Waals surface area contributed by atoms with Crippen molar-refractivity contribution < 1.29 is 23.8 Å². The summed E-state index contributed by atoms with van der Waals surface area (Å²) in [6.07, 6.45) is -0.0814. The van der Waals surface area contributed by atoms with Crippen molar-refractivity contribution in [3.05, 3.63) is 71.5 Å². The Bertz CT molecular complexity index is 926. The lowest BCUT2D eigenvalue weighted by Crippen LogP contribution is -2.52. The lowest BCUT2D eigenvalue weighted by Gasteiger charge is -2.37. The van der Waals surface area contributed by atoms with Gasteiger partial charge in [0.25, 0.3) is 5.91 Å². The van der Waals surface area contributed by atoms with Crippen LogP contribution in [0, 0.1) is 5.82 Å². The van der Waals surface area contributed by atoms with E-state index in [1.165, 1.54) is 12.1 Å². The second-order valence-corrected chi connectivity index (χ2v) is 9.28. The molecule has 0 bridgehead atoms. The molecule has 190 valence electrons. The van der Waals surface area contributed by atoms with E-state index in [1.54, 1.807) is 17.0 Å². The molecule has 2 aromatic rings. The number of benzene rings is 2. The van der Waals surface area contributed by atoms with Crippen LogP contribution < -0.4 is 0 Å². The van der Waals surface area contributed by atoms with Gasteiger partial charge in [-0.05, 0) is 24.1 Å². The lowest BCUT2D eigenvalue weighted by atomic mass is 10.1. The Morgan fingerprint density at radius 2 is 1.74 bits per heavy atom. The zero-order valence-corrected chi connectivity index (χ0v) is 20.2. The Labute approximate surface area is 207 Å². The standard InChI is InChI=1S/C27H36FN3O4/c28-26-9-5-4-8-25(26)27(33)31(11-10-29-12-15-34-16-13-29)21-24-20-30(14-17-35-24)19-23(32)18-22-6-2-1-3-7-22/h1-9,23-24,32H,10-21H2. The van der Waals surface area contributed by atoms with Crippen LogP contribution in [0.15, 0.2) is 54.6 Å². The number of carbonyl (C=O) groups excluding carboxylic acids is 1. The van der Waals surface area contributed by atoms with Gasteiger partial charge in [-0.25, -0.2) is 4.39 Å². The number of rotatable bonds is 10. The molecule has 0 saturated carbocycles. The topological polar surface area (TPSA) is 65.5 Å². The number of ether oxygens (including phenoxy) is 2. The summed E-state index contributed by atoms with van der Waals surface area (Å²) < 4.78 is 25.8. The van der Waals surface area contributed by atoms with Crippen LogP contribution in [-0.2, 0) is 15.9 Å². The van der Waals surface area contributed by atoms with E-state index in [-0.39, 0.29) is 17.6 Å². The quantitative estimate of drug-likeness (QED) is 0.555. The van der Waals surface area contributed by atoms with Crippen LogP contribution in [-0.4, -0.2) is 110 Å². The van der Waals surface area contributed by atoms with E-state index in [0.29, 0.717) is 59.0 Å². The molecule has 1 N–H and O–H groups in total. The van der Waals surface area contributed by atoms with Crippen molar-refractivity contribution >= 4 is 5.91 Å². The van der Waals surface area contributed by atoms with Gasteiger partial charge in [-0.3, -0.25) is 14.6 Å². The number of β-amino-alcohol motifs (C(OH)–C–C–N with tert-alkyl or cyclic N) is 1. The van der Waals surface area contributed by atoms with Crippen LogP contribution in [0.5, 0.6) is 0 Å². The summed E-state index contributed by atoms with van der Waals surface area (Å²) in [6, 6.07) is 16.1. The van der Waals surface area contributed by atoms with Crippen LogP contribution in [0.2, 0.25) is 0 Å². The molecule has 2 aliphatic rings. The summed E-state index contributed by atoms with van der Waals surface area (Å²) in [7, 11) is 0. The summed E-state index contributed by atoms with van der Waals surface area (Å²) in [4.78, 5) is 19.5. The van der Waals surface area contributed by atoms with Gasteiger partial charge in [-0.2, -0.15) is 0 Å². The van der Waals surface area contributed by atoms with Crippen LogP contribution >= 0.6 is 0 Å². The molecule has 2 unspecified atom stereocenters. The van der Waals surface area contributed by atoms with Crippen molar-refractivity contribution in [2.75, 3.05) is 72.2 Å². The van der Waals surface area contributed by atoms with E-state index in [2.05, 4.69) is 9.80 Å². The maximum absolute atomic E-state index is 14.4. The fraction of sp³-hybridized carbons (Fsp3) is 0.519. The Morgan fingerprint density at radius 3 is 2.51 bits per heavy atom. The monoisotopic (exact) mass is 485 g/mol. The first kappa shape index (κ1) is 25.7. The summed E-state index contributed by atoms with van der Waals surface area (Å²) in [6.45, 7) is 7.03. The summed E-state index contributed by atoms with van der Waals surface area (Å²) in [5.74, 6) is -0.828. The molecule has 8 heteroatoms. The second-order valence-electron chi connectivity index (χ2n) is 9.28. The number of morpholine rings is 2. The second kappa shape index (κ2) is 13.1. The van der Waals surface area contributed by atoms with Gasteiger partial charge in [0, 0.05) is 52.4 Å². The van der Waals surface area contributed by atoms with E-state index in [0.717, 1.165) is 25.2 Å². The minimum absolute atomic E-state index is 0.0837. The predicted octanol–water partition coefficient (Wildman–Crippen LogP) is 1.90. The average Bonchev–Trinajstić information content (AvgIpc) is 2.88. The summed E-state index contributed by atoms with van der Waals surface area (Å²) in [5.41, 5.74) is 1.19. The number of aliphatic hydroxyl groups is 1. The highest BCUT2D eigenvalue weighted by Crippen LogP contribution is 2.15. The SMILES string of the molecule is O=C(c1ccccc1F)N(CCN1CCOCC1)CC1CN(CC(O)Cc2ccccc2)CCO1. The lowest BCUT2D eigenvalue weighted by molar-refractivity contribution is -0.0514. The molecule has 2 saturated heterocycles. The fourth-order valence-electron chi connectivity index (χ4n) is 4.72. The molecular formula is C27H36FN3O4. The molecule has 7 nitrogen and oxygen atoms in total. The van der Waals surface area contributed by atoms with Gasteiger partial charge in [-0.15, -0.1) is 0 Å². The Hall–Kier alpha value is -2.36. The normalized spacial score (nSPS) is 20.5. The highest BCUT2D eigenvalue weighted by molar-refractivity contribution is 5.94. The molecule has 0 radical (unpaired) electrons. The molecule has 0 aromatic heterocycles. The van der Waals surface area contributed by atoms with E-state index < -0.39 is 11.9 Å². The third-order valence-electron chi connectivity index (χ3n) is 6.61. The highest BCUT2D eigenvalue weighted by atomic mass is 19.1. The van der Waals surface area contributed by atoms with Gasteiger partial charge in [0.15, 0.2) is 0 Å². The molecule has 0 spiro atoms. The zero-order chi connectivity index (χ0) is 24.5. The predicted molar refractivity (Wildman–Crippen MR) is 132 cm³/mol. The van der Waals surface area contributed by atoms with Crippen molar-refractivity contribution in [1.82, 2.24) is 14.7 Å². The number of hydrogen-bond donors (Lipinski definition) is 1. The highest BCUT2D eigenvalue weighted by Gasteiger charge is 2.28. The van der Waals surface area contributed by atoms with Crippen molar-refractivity contribution in [2.45, 2.75) is 18.6 Å². The van der Waals surface area contributed by atoms with Gasteiger partial charge in [-0.1, -0.05) is 42.5 Å². The average molecular weight is 486 g/mol. The Kier molecular flexibility index (Phi) is 9.62. The number of aliphatic hydroxyl groups excluding tert-OH is 1. The molecule has 2 atom stereocenters. The maximum Gasteiger partial charge on any atom is 0.256 e. The van der Waals surface area contributed by atoms with Gasteiger partial charge >= 0.3 is 0 Å². The first-order valence-electron chi connectivity index (χ1n) is 12.5. The molecule has 0 aliphatic carbocycles. The Morgan fingerprint density at radius 1 is 1.03 bits per heavy atom. The van der Waals surface area contributed by atoms with E-state index in [4.69, 9.17) is 9.47 Å². The van der Waals surface area contributed by atoms with Gasteiger partial charge < -0.3 is 19.5 Å². The number of carbonyl (C=O) groups is 1. The summed E-state index contributed by atoms with van der Waals surface area (Å²) >= 11 is 0. The first-order valence-corrected chi connectivity index (χ1v) is 12.5. The molecular weight excluding hydrogens is 449 g/mol. The molecule has 2 aromatic carbocycles. The number of nitrogens with zero attached hydrogens (tertiary/aromatic N) is 3. The van der Waals surface area contributed by atoms with Crippen molar-refractivity contribution in [2.24, 2.45) is 0 Å². The largest absolute Gasteiger partial charge is 0.391 e. The smallest absolute Gasteiger partial charge is 0.256 e. The van der Waals surface area contributed by atoms with Gasteiger partial charge in [0.2, 0.25) is 0 Å². The number of hydrogen-bond acceptors (Lipinski definition) is 6. The molecule has 1 amide bonds. The minimum atomic E-state index is -0.510. The van der Waals surface area contributed by atoms with Gasteiger partial charge in [0.05, 0.1) is 37.6 Å². The molecule has 35 heavy (non-hydrogen) atoms. The van der Waals surface area contributed by atoms with E-state index in [1.807, 2.05) is 30.3 Å². The first-order chi connectivity index (χ1) is 17.1. The van der Waals surface area contributed by atoms with Crippen LogP contribution in [0.1, 0.15) is 15.9 Å². The Balaban J connectivity index is 1.36. The third-order valence-corrected chi connectivity index (χ3v) is 6.61. The van der Waals surface area contributed by atoms with Crippen molar-refractivity contribution in [3.8, 4) is 0 Å². The van der Waals surface area contributed by atoms with Crippen LogP contribution in [0.4, 0.5) is 4.39 Å². The van der Waals surface area contributed by atoms with E-state index in [9.17, 15) is 14.3 Å². The maximum atomic E-state index is 14.4. The zero-order valence-electron chi connectivity index (χ0n) is 20.2. The third kappa shape index (κ3) is 7.81. The number of halogens is 1. The molecule has 4 rings (SSSR count). The minimum Gasteiger partial charge on any atom is -0.391 e. The van der Waals surface area contributed by atoms with Crippen molar-refractivity contribution in [3.63, 3.8) is 0 Å².